The van der Waals surface area contributed by atoms with E-state index in [1.807, 2.05) is 107 Å². The molecule has 0 bridgehead atoms. The van der Waals surface area contributed by atoms with Crippen molar-refractivity contribution >= 4 is 23.8 Å². The third kappa shape index (κ3) is 12.8. The largest absolute Gasteiger partial charge is 0.507 e. The monoisotopic (exact) mass is 726 g/mol. The lowest BCUT2D eigenvalue weighted by atomic mass is 9.78. The lowest BCUT2D eigenvalue weighted by molar-refractivity contribution is -0.152. The van der Waals surface area contributed by atoms with Crippen molar-refractivity contribution < 1.29 is 38.9 Å². The van der Waals surface area contributed by atoms with Crippen molar-refractivity contribution in [3.63, 3.8) is 0 Å². The van der Waals surface area contributed by atoms with Crippen molar-refractivity contribution in [2.45, 2.75) is 130 Å². The molecule has 0 saturated carbocycles. The van der Waals surface area contributed by atoms with Crippen molar-refractivity contribution in [3.05, 3.63) is 57.6 Å². The topological polar surface area (TPSA) is 181 Å². The van der Waals surface area contributed by atoms with Gasteiger partial charge in [-0.15, -0.1) is 0 Å². The molecule has 0 heterocycles. The van der Waals surface area contributed by atoms with Gasteiger partial charge in [0.25, 0.3) is 0 Å². The van der Waals surface area contributed by atoms with Gasteiger partial charge in [-0.1, -0.05) is 107 Å². The van der Waals surface area contributed by atoms with Crippen LogP contribution in [0.2, 0.25) is 0 Å². The first-order valence-electron chi connectivity index (χ1n) is 17.9. The standard InChI is InChI=1S/C40H62N4O8/c1-37(2,3)27-21-25(22-28(33(27)47)38(4,5)6)13-15-31(45)51-19-17-42-44(36(50)35(49)43-41)18-20-52-32(46)16-14-26-23-29(39(7,8)9)34(48)30(24-26)40(10,11)12/h21-24,42,47-48H,13-20,41H2,1-12H3,(H,43,49). The van der Waals surface area contributed by atoms with Crippen LogP contribution in [-0.4, -0.2) is 65.3 Å². The number of nitrogens with zero attached hydrogens (tertiary/aromatic N) is 1. The number of hydrogen-bond acceptors (Lipinski definition) is 10. The van der Waals surface area contributed by atoms with Gasteiger partial charge in [-0.2, -0.15) is 0 Å². The summed E-state index contributed by atoms with van der Waals surface area (Å²) >= 11 is 0. The second-order valence-corrected chi connectivity index (χ2v) is 17.4. The zero-order chi connectivity index (χ0) is 39.8. The maximum absolute atomic E-state index is 12.7. The first-order chi connectivity index (χ1) is 23.8. The van der Waals surface area contributed by atoms with Crippen LogP contribution in [0.25, 0.3) is 0 Å². The molecule has 2 amide bonds. The highest BCUT2D eigenvalue weighted by molar-refractivity contribution is 6.34. The minimum absolute atomic E-state index is 0.00208. The fraction of sp³-hybridized carbons (Fsp3) is 0.600. The van der Waals surface area contributed by atoms with E-state index in [9.17, 15) is 29.4 Å². The van der Waals surface area contributed by atoms with Crippen LogP contribution in [-0.2, 0) is 63.2 Å². The van der Waals surface area contributed by atoms with E-state index >= 15 is 0 Å². The minimum atomic E-state index is -1.08. The number of ether oxygens (including phenoxy) is 2. The van der Waals surface area contributed by atoms with Crippen LogP contribution in [0.15, 0.2) is 24.3 Å². The van der Waals surface area contributed by atoms with Crippen LogP contribution in [0.4, 0.5) is 0 Å². The number of rotatable bonds is 13. The quantitative estimate of drug-likeness (QED) is 0.0456. The maximum atomic E-state index is 12.7. The van der Waals surface area contributed by atoms with Gasteiger partial charge in [0.05, 0.1) is 6.54 Å². The number of phenolic OH excluding ortho intramolecular Hbond substituents is 2. The second kappa shape index (κ2) is 17.6. The number of aromatic hydroxyl groups is 2. The van der Waals surface area contributed by atoms with Gasteiger partial charge in [-0.3, -0.25) is 29.6 Å². The first kappa shape index (κ1) is 44.0. The van der Waals surface area contributed by atoms with E-state index in [-0.39, 0.29) is 72.3 Å². The van der Waals surface area contributed by atoms with Crippen LogP contribution < -0.4 is 16.7 Å². The SMILES string of the molecule is CC(C)(C)c1cc(CCC(=O)OCCNN(CCOC(=O)CCc2cc(C(C)(C)C)c(O)c(C(C)(C)C)c2)C(=O)C(=O)NN)cc(C(C)(C)C)c1O. The third-order valence-corrected chi connectivity index (χ3v) is 8.62. The first-order valence-corrected chi connectivity index (χ1v) is 17.9. The minimum Gasteiger partial charge on any atom is -0.507 e. The molecule has 12 nitrogen and oxygen atoms in total. The van der Waals surface area contributed by atoms with Gasteiger partial charge in [-0.05, 0) is 67.9 Å². The average Bonchev–Trinajstić information content (AvgIpc) is 3.01. The van der Waals surface area contributed by atoms with Gasteiger partial charge in [0.15, 0.2) is 0 Å². The number of phenols is 2. The van der Waals surface area contributed by atoms with Crippen LogP contribution in [0.5, 0.6) is 11.5 Å². The van der Waals surface area contributed by atoms with Gasteiger partial charge in [0, 0.05) is 19.4 Å². The Hall–Kier alpha value is -4.16. The molecule has 2 aromatic carbocycles. The molecule has 0 unspecified atom stereocenters. The lowest BCUT2D eigenvalue weighted by Crippen LogP contribution is -2.53. The molecule has 6 N–H and O–H groups in total. The molecule has 52 heavy (non-hydrogen) atoms. The Morgan fingerprint density at radius 1 is 0.635 bits per heavy atom. The highest BCUT2D eigenvalue weighted by Crippen LogP contribution is 2.41. The van der Waals surface area contributed by atoms with Crippen molar-refractivity contribution in [2.24, 2.45) is 5.84 Å². The molecule has 290 valence electrons. The molecule has 12 heteroatoms. The van der Waals surface area contributed by atoms with E-state index in [0.717, 1.165) is 38.4 Å². The Morgan fingerprint density at radius 2 is 0.981 bits per heavy atom. The summed E-state index contributed by atoms with van der Waals surface area (Å²) in [6, 6.07) is 7.69. The average molecular weight is 727 g/mol. The predicted octanol–water partition coefficient (Wildman–Crippen LogP) is 5.26. The number of aryl methyl sites for hydroxylation is 2. The Morgan fingerprint density at radius 3 is 1.31 bits per heavy atom. The molecule has 0 fully saturated rings. The summed E-state index contributed by atoms with van der Waals surface area (Å²) < 4.78 is 10.7. The number of carbonyl (C=O) groups is 4. The summed E-state index contributed by atoms with van der Waals surface area (Å²) in [5.74, 6) is 2.66. The normalized spacial score (nSPS) is 12.3. The van der Waals surface area contributed by atoms with Crippen molar-refractivity contribution in [1.82, 2.24) is 15.9 Å². The number of hydrogen-bond donors (Lipinski definition) is 5. The molecule has 0 atom stereocenters. The van der Waals surface area contributed by atoms with Crippen LogP contribution in [0, 0.1) is 0 Å². The molecular weight excluding hydrogens is 664 g/mol. The van der Waals surface area contributed by atoms with E-state index < -0.39 is 23.8 Å². The van der Waals surface area contributed by atoms with Gasteiger partial charge >= 0.3 is 23.8 Å². The maximum Gasteiger partial charge on any atom is 0.327 e. The molecule has 0 radical (unpaired) electrons. The molecular formula is C40H62N4O8. The molecule has 0 spiro atoms. The molecule has 0 aromatic heterocycles. The zero-order valence-corrected chi connectivity index (χ0v) is 33.3. The smallest absolute Gasteiger partial charge is 0.327 e. The number of nitrogens with two attached hydrogens (primary N) is 1. The third-order valence-electron chi connectivity index (χ3n) is 8.62. The number of amides is 2. The Balaban J connectivity index is 1.95. The highest BCUT2D eigenvalue weighted by Gasteiger charge is 2.28. The number of nitrogens with one attached hydrogen (secondary N) is 2. The van der Waals surface area contributed by atoms with Gasteiger partial charge < -0.3 is 19.7 Å². The van der Waals surface area contributed by atoms with Crippen LogP contribution in [0.3, 0.4) is 0 Å². The van der Waals surface area contributed by atoms with E-state index in [0.29, 0.717) is 12.8 Å². The van der Waals surface area contributed by atoms with E-state index in [1.165, 1.54) is 0 Å². The highest BCUT2D eigenvalue weighted by atomic mass is 16.5. The summed E-state index contributed by atoms with van der Waals surface area (Å²) in [4.78, 5) is 49.9. The summed E-state index contributed by atoms with van der Waals surface area (Å²) in [6.07, 6.45) is 0.964. The summed E-state index contributed by atoms with van der Waals surface area (Å²) in [5, 5.41) is 22.9. The Labute approximate surface area is 309 Å². The fourth-order valence-corrected chi connectivity index (χ4v) is 5.63. The summed E-state index contributed by atoms with van der Waals surface area (Å²) in [6.45, 7) is 23.8. The fourth-order valence-electron chi connectivity index (χ4n) is 5.63. The zero-order valence-electron chi connectivity index (χ0n) is 33.3. The van der Waals surface area contributed by atoms with Crippen molar-refractivity contribution in [3.8, 4) is 11.5 Å². The predicted molar refractivity (Wildman–Crippen MR) is 202 cm³/mol. The van der Waals surface area contributed by atoms with E-state index in [1.54, 1.807) is 5.43 Å². The van der Waals surface area contributed by atoms with Gasteiger partial charge in [0.2, 0.25) is 0 Å². The lowest BCUT2D eigenvalue weighted by Gasteiger charge is -2.28. The Bertz CT molecular complexity index is 1520. The number of carbonyl (C=O) groups excluding carboxylic acids is 4. The number of esters is 2. The molecule has 0 aliphatic carbocycles. The molecule has 0 aliphatic heterocycles. The van der Waals surface area contributed by atoms with Gasteiger partial charge in [0.1, 0.15) is 24.7 Å². The molecule has 2 aromatic rings. The summed E-state index contributed by atoms with van der Waals surface area (Å²) in [7, 11) is 0. The number of hydrazine groups is 2. The van der Waals surface area contributed by atoms with Crippen LogP contribution in [0.1, 0.15) is 129 Å². The molecule has 2 rings (SSSR count). The number of benzene rings is 2. The van der Waals surface area contributed by atoms with Crippen molar-refractivity contribution in [2.75, 3.05) is 26.3 Å². The Kier molecular flexibility index (Phi) is 14.9. The summed E-state index contributed by atoms with van der Waals surface area (Å²) in [5.41, 5.74) is 8.35. The van der Waals surface area contributed by atoms with Crippen molar-refractivity contribution in [1.29, 1.82) is 0 Å². The van der Waals surface area contributed by atoms with E-state index in [4.69, 9.17) is 15.3 Å². The molecule has 0 saturated heterocycles. The van der Waals surface area contributed by atoms with Gasteiger partial charge in [-0.25, -0.2) is 11.3 Å². The molecule has 0 aliphatic rings. The second-order valence-electron chi connectivity index (χ2n) is 17.4. The van der Waals surface area contributed by atoms with E-state index in [2.05, 4.69) is 5.43 Å². The van der Waals surface area contributed by atoms with Crippen LogP contribution >= 0.6 is 0 Å².